The summed E-state index contributed by atoms with van der Waals surface area (Å²) in [4.78, 5) is 0. The molecular weight excluding hydrogens is 183 g/mol. The number of aryl methyl sites for hydroxylation is 1. The van der Waals surface area contributed by atoms with Crippen LogP contribution in [0.4, 0.5) is 4.39 Å². The Balaban J connectivity index is 2.44. The van der Waals surface area contributed by atoms with Gasteiger partial charge in [0.15, 0.2) is 0 Å². The Morgan fingerprint density at radius 1 is 1.50 bits per heavy atom. The van der Waals surface area contributed by atoms with Crippen molar-refractivity contribution in [1.29, 1.82) is 0 Å². The second-order valence-corrected chi connectivity index (χ2v) is 3.82. The average molecular weight is 196 g/mol. The van der Waals surface area contributed by atoms with Gasteiger partial charge in [-0.15, -0.1) is 0 Å². The standard InChI is InChI=1S/C11H13FO2/c1-8-2-3-10(12)9(6-8)11(13)4-5-14-7-11/h2-3,6,13H,4-5,7H2,1H3. The van der Waals surface area contributed by atoms with Crippen LogP contribution in [0.25, 0.3) is 0 Å². The van der Waals surface area contributed by atoms with Crippen molar-refractivity contribution in [3.05, 3.63) is 35.1 Å². The first-order valence-corrected chi connectivity index (χ1v) is 4.69. The minimum atomic E-state index is -1.13. The fraction of sp³-hybridized carbons (Fsp3) is 0.455. The van der Waals surface area contributed by atoms with E-state index in [0.29, 0.717) is 18.6 Å². The maximum atomic E-state index is 13.5. The van der Waals surface area contributed by atoms with Crippen molar-refractivity contribution in [3.8, 4) is 0 Å². The molecule has 1 atom stereocenters. The topological polar surface area (TPSA) is 29.5 Å². The van der Waals surface area contributed by atoms with Crippen LogP contribution in [0.15, 0.2) is 18.2 Å². The van der Waals surface area contributed by atoms with Crippen LogP contribution < -0.4 is 0 Å². The first-order chi connectivity index (χ1) is 6.62. The molecule has 0 radical (unpaired) electrons. The van der Waals surface area contributed by atoms with E-state index in [0.717, 1.165) is 5.56 Å². The third-order valence-corrected chi connectivity index (χ3v) is 2.62. The number of aliphatic hydroxyl groups is 1. The molecule has 1 saturated heterocycles. The lowest BCUT2D eigenvalue weighted by Crippen LogP contribution is -2.27. The van der Waals surface area contributed by atoms with Crippen LogP contribution in [0.1, 0.15) is 17.5 Å². The molecule has 1 aromatic rings. The normalized spacial score (nSPS) is 26.8. The molecular formula is C11H13FO2. The molecule has 0 bridgehead atoms. The van der Waals surface area contributed by atoms with Crippen molar-refractivity contribution in [3.63, 3.8) is 0 Å². The molecule has 1 heterocycles. The van der Waals surface area contributed by atoms with E-state index in [-0.39, 0.29) is 12.4 Å². The summed E-state index contributed by atoms with van der Waals surface area (Å²) in [7, 11) is 0. The fourth-order valence-electron chi connectivity index (χ4n) is 1.76. The third kappa shape index (κ3) is 1.53. The number of hydrogen-bond donors (Lipinski definition) is 1. The average Bonchev–Trinajstić information content (AvgIpc) is 2.58. The molecule has 3 heteroatoms. The Morgan fingerprint density at radius 2 is 2.29 bits per heavy atom. The van der Waals surface area contributed by atoms with Crippen molar-refractivity contribution >= 4 is 0 Å². The van der Waals surface area contributed by atoms with Gasteiger partial charge < -0.3 is 9.84 Å². The van der Waals surface area contributed by atoms with Crippen molar-refractivity contribution in [1.82, 2.24) is 0 Å². The van der Waals surface area contributed by atoms with Crippen molar-refractivity contribution in [2.75, 3.05) is 13.2 Å². The lowest BCUT2D eigenvalue weighted by atomic mass is 9.91. The van der Waals surface area contributed by atoms with Crippen LogP contribution in [0.3, 0.4) is 0 Å². The van der Waals surface area contributed by atoms with Crippen LogP contribution in [-0.4, -0.2) is 18.3 Å². The van der Waals surface area contributed by atoms with E-state index in [1.54, 1.807) is 12.1 Å². The minimum absolute atomic E-state index is 0.188. The van der Waals surface area contributed by atoms with Gasteiger partial charge in [-0.25, -0.2) is 4.39 Å². The number of rotatable bonds is 1. The molecule has 0 spiro atoms. The van der Waals surface area contributed by atoms with Gasteiger partial charge in [-0.2, -0.15) is 0 Å². The largest absolute Gasteiger partial charge is 0.383 e. The van der Waals surface area contributed by atoms with E-state index in [1.165, 1.54) is 6.07 Å². The summed E-state index contributed by atoms with van der Waals surface area (Å²) >= 11 is 0. The molecule has 0 aromatic heterocycles. The first-order valence-electron chi connectivity index (χ1n) is 4.69. The molecule has 1 unspecified atom stereocenters. The predicted octanol–water partition coefficient (Wildman–Crippen LogP) is 1.74. The third-order valence-electron chi connectivity index (χ3n) is 2.62. The monoisotopic (exact) mass is 196 g/mol. The van der Waals surface area contributed by atoms with Crippen molar-refractivity contribution < 1.29 is 14.2 Å². The summed E-state index contributed by atoms with van der Waals surface area (Å²) in [6.07, 6.45) is 0.466. The molecule has 1 fully saturated rings. The van der Waals surface area contributed by atoms with E-state index in [1.807, 2.05) is 6.92 Å². The van der Waals surface area contributed by atoms with E-state index in [2.05, 4.69) is 0 Å². The summed E-state index contributed by atoms with van der Waals surface area (Å²) in [6.45, 7) is 2.55. The maximum Gasteiger partial charge on any atom is 0.129 e. The van der Waals surface area contributed by atoms with Gasteiger partial charge in [-0.05, 0) is 13.0 Å². The van der Waals surface area contributed by atoms with Gasteiger partial charge in [-0.3, -0.25) is 0 Å². The molecule has 14 heavy (non-hydrogen) atoms. The summed E-state index contributed by atoms with van der Waals surface area (Å²) in [5, 5.41) is 10.1. The molecule has 0 saturated carbocycles. The number of benzene rings is 1. The Kier molecular flexibility index (Phi) is 2.29. The van der Waals surface area contributed by atoms with E-state index < -0.39 is 5.60 Å². The Bertz CT molecular complexity index is 343. The molecule has 1 aliphatic heterocycles. The zero-order valence-electron chi connectivity index (χ0n) is 8.09. The van der Waals surface area contributed by atoms with E-state index in [4.69, 9.17) is 4.74 Å². The van der Waals surface area contributed by atoms with Crippen LogP contribution in [0.2, 0.25) is 0 Å². The van der Waals surface area contributed by atoms with Gasteiger partial charge in [0.25, 0.3) is 0 Å². The van der Waals surface area contributed by atoms with Gasteiger partial charge in [0.2, 0.25) is 0 Å². The zero-order chi connectivity index (χ0) is 10.2. The van der Waals surface area contributed by atoms with E-state index >= 15 is 0 Å². The Hall–Kier alpha value is -0.930. The highest BCUT2D eigenvalue weighted by Crippen LogP contribution is 2.32. The number of ether oxygens (including phenoxy) is 1. The predicted molar refractivity (Wildman–Crippen MR) is 50.5 cm³/mol. The van der Waals surface area contributed by atoms with Crippen LogP contribution in [0, 0.1) is 12.7 Å². The van der Waals surface area contributed by atoms with Gasteiger partial charge in [0.05, 0.1) is 6.61 Å². The molecule has 1 aromatic carbocycles. The van der Waals surface area contributed by atoms with Crippen LogP contribution >= 0.6 is 0 Å². The van der Waals surface area contributed by atoms with Crippen LogP contribution in [-0.2, 0) is 10.3 Å². The second kappa shape index (κ2) is 3.33. The highest BCUT2D eigenvalue weighted by molar-refractivity contribution is 5.29. The molecule has 1 N–H and O–H groups in total. The summed E-state index contributed by atoms with van der Waals surface area (Å²) in [5.74, 6) is -0.358. The molecule has 0 aliphatic carbocycles. The van der Waals surface area contributed by atoms with Crippen LogP contribution in [0.5, 0.6) is 0 Å². The molecule has 2 nitrogen and oxygen atoms in total. The van der Waals surface area contributed by atoms with Gasteiger partial charge in [-0.1, -0.05) is 17.7 Å². The molecule has 76 valence electrons. The Labute approximate surface area is 82.3 Å². The zero-order valence-corrected chi connectivity index (χ0v) is 8.09. The SMILES string of the molecule is Cc1ccc(F)c(C2(O)CCOC2)c1. The summed E-state index contributed by atoms with van der Waals surface area (Å²) < 4.78 is 18.5. The lowest BCUT2D eigenvalue weighted by Gasteiger charge is -2.21. The highest BCUT2D eigenvalue weighted by Gasteiger charge is 2.36. The molecule has 2 rings (SSSR count). The smallest absolute Gasteiger partial charge is 0.129 e. The minimum Gasteiger partial charge on any atom is -0.383 e. The quantitative estimate of drug-likeness (QED) is 0.741. The molecule has 0 amide bonds. The summed E-state index contributed by atoms with van der Waals surface area (Å²) in [5.41, 5.74) is 0.174. The lowest BCUT2D eigenvalue weighted by molar-refractivity contribution is 0.0201. The summed E-state index contributed by atoms with van der Waals surface area (Å²) in [6, 6.07) is 4.77. The van der Waals surface area contributed by atoms with E-state index in [9.17, 15) is 9.50 Å². The van der Waals surface area contributed by atoms with Crippen molar-refractivity contribution in [2.24, 2.45) is 0 Å². The Morgan fingerprint density at radius 3 is 2.93 bits per heavy atom. The second-order valence-electron chi connectivity index (χ2n) is 3.82. The number of halogens is 1. The maximum absolute atomic E-state index is 13.5. The van der Waals surface area contributed by atoms with Crippen molar-refractivity contribution in [2.45, 2.75) is 18.9 Å². The van der Waals surface area contributed by atoms with Gasteiger partial charge in [0, 0.05) is 18.6 Å². The highest BCUT2D eigenvalue weighted by atomic mass is 19.1. The van der Waals surface area contributed by atoms with Gasteiger partial charge >= 0.3 is 0 Å². The fourth-order valence-corrected chi connectivity index (χ4v) is 1.76. The number of hydrogen-bond acceptors (Lipinski definition) is 2. The first kappa shape index (κ1) is 9.62. The molecule has 1 aliphatic rings. The van der Waals surface area contributed by atoms with Gasteiger partial charge in [0.1, 0.15) is 11.4 Å².